The Morgan fingerprint density at radius 3 is 2.55 bits per heavy atom. The van der Waals surface area contributed by atoms with Crippen molar-refractivity contribution in [2.75, 3.05) is 26.0 Å². The van der Waals surface area contributed by atoms with Gasteiger partial charge in [0.15, 0.2) is 0 Å². The van der Waals surface area contributed by atoms with Gasteiger partial charge in [-0.3, -0.25) is 24.2 Å². The highest BCUT2D eigenvalue weighted by molar-refractivity contribution is 7.99. The Hall–Kier alpha value is -1.86. The Labute approximate surface area is 175 Å². The second kappa shape index (κ2) is 7.76. The molecule has 3 fully saturated rings. The highest BCUT2D eigenvalue weighted by Gasteiger charge is 2.73. The number of nitrogens with zero attached hydrogens (tertiary/aromatic N) is 2. The predicted octanol–water partition coefficient (Wildman–Crippen LogP) is 2.87. The molecule has 3 aliphatic rings. The lowest BCUT2D eigenvalue weighted by atomic mass is 9.77. The van der Waals surface area contributed by atoms with Gasteiger partial charge in [0.1, 0.15) is 5.54 Å². The molecule has 0 radical (unpaired) electrons. The topological polar surface area (TPSA) is 66.9 Å². The number of hydrogen-bond acceptors (Lipinski definition) is 6. The highest BCUT2D eigenvalue weighted by atomic mass is 32.2. The summed E-state index contributed by atoms with van der Waals surface area (Å²) in [5, 5.41) is 0. The summed E-state index contributed by atoms with van der Waals surface area (Å²) in [4.78, 5) is 44.1. The zero-order valence-electron chi connectivity index (χ0n) is 17.2. The molecule has 3 aliphatic heterocycles. The molecule has 0 bridgehead atoms. The molecule has 4 rings (SSSR count). The van der Waals surface area contributed by atoms with Crippen molar-refractivity contribution < 1.29 is 19.1 Å². The maximum atomic E-state index is 13.2. The lowest BCUT2D eigenvalue weighted by Gasteiger charge is -2.36. The molecule has 3 saturated heterocycles. The third-order valence-corrected chi connectivity index (χ3v) is 7.87. The summed E-state index contributed by atoms with van der Waals surface area (Å²) >= 11 is 1.81. The fourth-order valence-corrected chi connectivity index (χ4v) is 6.32. The van der Waals surface area contributed by atoms with Crippen LogP contribution in [0.25, 0.3) is 0 Å². The molecule has 7 heteroatoms. The fourth-order valence-electron chi connectivity index (χ4n) is 5.55. The Morgan fingerprint density at radius 2 is 1.93 bits per heavy atom. The average molecular weight is 417 g/mol. The van der Waals surface area contributed by atoms with E-state index in [0.717, 1.165) is 24.2 Å². The lowest BCUT2D eigenvalue weighted by Crippen LogP contribution is -2.54. The van der Waals surface area contributed by atoms with Gasteiger partial charge in [-0.25, -0.2) is 0 Å². The minimum Gasteiger partial charge on any atom is -0.468 e. The number of hydrogen-bond donors (Lipinski definition) is 0. The van der Waals surface area contributed by atoms with E-state index in [1.807, 2.05) is 6.92 Å². The highest BCUT2D eigenvalue weighted by Crippen LogP contribution is 2.59. The van der Waals surface area contributed by atoms with E-state index in [1.165, 1.54) is 16.9 Å². The lowest BCUT2D eigenvalue weighted by molar-refractivity contribution is -0.159. The van der Waals surface area contributed by atoms with Gasteiger partial charge in [0.05, 0.1) is 18.9 Å². The molecule has 0 aliphatic carbocycles. The van der Waals surface area contributed by atoms with Crippen LogP contribution in [0.1, 0.15) is 44.7 Å². The van der Waals surface area contributed by atoms with Crippen LogP contribution in [0.5, 0.6) is 0 Å². The van der Waals surface area contributed by atoms with Gasteiger partial charge < -0.3 is 4.74 Å². The molecule has 6 nitrogen and oxygen atoms in total. The largest absolute Gasteiger partial charge is 0.468 e. The predicted molar refractivity (Wildman–Crippen MR) is 110 cm³/mol. The summed E-state index contributed by atoms with van der Waals surface area (Å²) in [6, 6.07) is 7.99. The number of imide groups is 1. The number of benzene rings is 1. The van der Waals surface area contributed by atoms with Crippen LogP contribution in [0.2, 0.25) is 0 Å². The fraction of sp³-hybridized carbons (Fsp3) is 0.591. The number of carbonyl (C=O) groups is 3. The smallest absolute Gasteiger partial charge is 0.327 e. The van der Waals surface area contributed by atoms with E-state index in [1.54, 1.807) is 11.8 Å². The normalized spacial score (nSPS) is 31.3. The quantitative estimate of drug-likeness (QED) is 0.404. The number of methoxy groups -OCH3 is 1. The molecule has 0 spiro atoms. The van der Waals surface area contributed by atoms with Crippen LogP contribution in [0, 0.1) is 11.8 Å². The molecule has 1 aromatic rings. The molecule has 0 unspecified atom stereocenters. The molecule has 4 atom stereocenters. The van der Waals surface area contributed by atoms with Crippen molar-refractivity contribution in [2.45, 2.75) is 49.6 Å². The number of esters is 1. The number of carbonyl (C=O) groups excluding carboxylic acids is 3. The molecule has 3 heterocycles. The van der Waals surface area contributed by atoms with Crippen LogP contribution in [-0.4, -0.2) is 59.1 Å². The molecule has 29 heavy (non-hydrogen) atoms. The first-order valence-electron chi connectivity index (χ1n) is 10.4. The van der Waals surface area contributed by atoms with Crippen molar-refractivity contribution >= 4 is 29.5 Å². The van der Waals surface area contributed by atoms with Crippen molar-refractivity contribution in [3.8, 4) is 0 Å². The summed E-state index contributed by atoms with van der Waals surface area (Å²) in [6.45, 7) is 4.98. The van der Waals surface area contributed by atoms with Gasteiger partial charge in [-0.2, -0.15) is 0 Å². The Kier molecular flexibility index (Phi) is 5.46. The number of thioether (sulfide) groups is 1. The van der Waals surface area contributed by atoms with Gasteiger partial charge in [0, 0.05) is 17.5 Å². The minimum atomic E-state index is -1.03. The molecule has 156 valence electrons. The maximum absolute atomic E-state index is 13.2. The molecule has 1 aromatic carbocycles. The van der Waals surface area contributed by atoms with Gasteiger partial charge in [-0.1, -0.05) is 19.1 Å². The van der Waals surface area contributed by atoms with Crippen molar-refractivity contribution in [1.82, 2.24) is 9.80 Å². The number of ether oxygens (including phenoxy) is 1. The molecule has 0 N–H and O–H groups in total. The van der Waals surface area contributed by atoms with Crippen molar-refractivity contribution in [2.24, 2.45) is 11.8 Å². The molecular formula is C22H28N2O4S. The third-order valence-electron chi connectivity index (χ3n) is 6.65. The van der Waals surface area contributed by atoms with Crippen molar-refractivity contribution in [3.63, 3.8) is 0 Å². The van der Waals surface area contributed by atoms with E-state index >= 15 is 0 Å². The molecule has 0 aromatic heterocycles. The van der Waals surface area contributed by atoms with E-state index in [4.69, 9.17) is 4.74 Å². The van der Waals surface area contributed by atoms with Crippen LogP contribution in [0.4, 0.5) is 0 Å². The van der Waals surface area contributed by atoms with E-state index in [0.29, 0.717) is 19.5 Å². The first-order chi connectivity index (χ1) is 14.0. The maximum Gasteiger partial charge on any atom is 0.327 e. The minimum absolute atomic E-state index is 0.158. The summed E-state index contributed by atoms with van der Waals surface area (Å²) in [5.41, 5.74) is -0.0382. The van der Waals surface area contributed by atoms with Gasteiger partial charge in [-0.15, -0.1) is 11.8 Å². The van der Waals surface area contributed by atoms with Gasteiger partial charge in [-0.05, 0) is 56.2 Å². The van der Waals surface area contributed by atoms with Gasteiger partial charge >= 0.3 is 5.97 Å². The first kappa shape index (κ1) is 20.4. The van der Waals surface area contributed by atoms with E-state index in [9.17, 15) is 14.4 Å². The zero-order chi connectivity index (χ0) is 20.8. The number of amides is 2. The molecule has 0 saturated carbocycles. The second-order valence-corrected chi connectivity index (χ2v) is 9.17. The van der Waals surface area contributed by atoms with Gasteiger partial charge in [0.25, 0.3) is 0 Å². The van der Waals surface area contributed by atoms with Crippen LogP contribution < -0.4 is 0 Å². The summed E-state index contributed by atoms with van der Waals surface area (Å²) in [5.74, 6) is -0.905. The number of likely N-dealkylation sites (tertiary alicyclic amines) is 1. The third kappa shape index (κ3) is 2.85. The van der Waals surface area contributed by atoms with E-state index < -0.39 is 17.4 Å². The van der Waals surface area contributed by atoms with Crippen LogP contribution >= 0.6 is 11.8 Å². The monoisotopic (exact) mass is 416 g/mol. The van der Waals surface area contributed by atoms with Crippen LogP contribution in [0.3, 0.4) is 0 Å². The Morgan fingerprint density at radius 1 is 1.21 bits per heavy atom. The van der Waals surface area contributed by atoms with Crippen molar-refractivity contribution in [1.29, 1.82) is 0 Å². The number of rotatable bonds is 6. The van der Waals surface area contributed by atoms with Crippen LogP contribution in [0.15, 0.2) is 29.2 Å². The summed E-state index contributed by atoms with van der Waals surface area (Å²) < 4.78 is 5.18. The Bertz CT molecular complexity index is 827. The number of fused-ring (bicyclic) bond motifs is 3. The van der Waals surface area contributed by atoms with Crippen molar-refractivity contribution in [3.05, 3.63) is 29.8 Å². The second-order valence-electron chi connectivity index (χ2n) is 8.00. The summed E-state index contributed by atoms with van der Waals surface area (Å²) in [6.07, 6.45) is 2.48. The zero-order valence-corrected chi connectivity index (χ0v) is 18.0. The standard InChI is InChI=1S/C22H28N2O4S/c1-4-13-29-15-9-7-14(8-10-15)18-16-17(20(26)23(5-2)19(16)25)22(21(27)28-3)11-6-12-24(18)22/h7-10,16-18H,4-6,11-13H2,1-3H3/t16-,17-,18+,22-/m0/s1. The Balaban J connectivity index is 1.78. The van der Waals surface area contributed by atoms with Gasteiger partial charge in [0.2, 0.25) is 11.8 Å². The molecular weight excluding hydrogens is 388 g/mol. The van der Waals surface area contributed by atoms with E-state index in [-0.39, 0.29) is 23.8 Å². The average Bonchev–Trinajstić information content (AvgIpc) is 3.35. The van der Waals surface area contributed by atoms with Crippen LogP contribution in [-0.2, 0) is 19.1 Å². The SMILES string of the molecule is CCCSc1ccc([C@@H]2[C@H]3C(=O)N(CC)C(=O)[C@H]3[C@]3(C(=O)OC)CCCN23)cc1. The summed E-state index contributed by atoms with van der Waals surface area (Å²) in [7, 11) is 1.37. The van der Waals surface area contributed by atoms with E-state index in [2.05, 4.69) is 36.1 Å². The molecule has 2 amide bonds. The first-order valence-corrected chi connectivity index (χ1v) is 11.4.